The largest absolute Gasteiger partial charge is 0.341 e. The van der Waals surface area contributed by atoms with Crippen LogP contribution in [0.1, 0.15) is 5.56 Å². The van der Waals surface area contributed by atoms with Crippen LogP contribution in [0.4, 0.5) is 15.8 Å². The van der Waals surface area contributed by atoms with Crippen molar-refractivity contribution in [2.24, 2.45) is 0 Å². The number of nitrogens with one attached hydrogen (secondary N) is 1. The first-order valence-electron chi connectivity index (χ1n) is 6.05. The van der Waals surface area contributed by atoms with Crippen molar-refractivity contribution in [2.45, 2.75) is 6.54 Å². The van der Waals surface area contributed by atoms with Crippen LogP contribution in [0.5, 0.6) is 0 Å². The molecule has 0 saturated heterocycles. The highest BCUT2D eigenvalue weighted by Crippen LogP contribution is 2.34. The van der Waals surface area contributed by atoms with E-state index in [1.807, 2.05) is 38.4 Å². The molecule has 0 aliphatic rings. The molecule has 0 heterocycles. The molecule has 0 fully saturated rings. The molecule has 0 radical (unpaired) electrons. The van der Waals surface area contributed by atoms with Crippen molar-refractivity contribution in [3.05, 3.63) is 58.9 Å². The normalized spacial score (nSPS) is 10.5. The van der Waals surface area contributed by atoms with Crippen LogP contribution < -0.4 is 10.2 Å². The van der Waals surface area contributed by atoms with Crippen LogP contribution in [0, 0.1) is 5.82 Å². The Morgan fingerprint density at radius 1 is 1.16 bits per heavy atom. The van der Waals surface area contributed by atoms with Crippen LogP contribution in [0.2, 0.25) is 5.02 Å². The van der Waals surface area contributed by atoms with Crippen LogP contribution in [0.25, 0.3) is 0 Å². The summed E-state index contributed by atoms with van der Waals surface area (Å²) in [4.78, 5) is 1.78. The van der Waals surface area contributed by atoms with Crippen molar-refractivity contribution in [2.75, 3.05) is 19.0 Å². The maximum absolute atomic E-state index is 13.9. The fourth-order valence-electron chi connectivity index (χ4n) is 2.11. The smallest absolute Gasteiger partial charge is 0.146 e. The van der Waals surface area contributed by atoms with Crippen molar-refractivity contribution < 1.29 is 4.39 Å². The number of hydrogen-bond donors (Lipinski definition) is 1. The van der Waals surface area contributed by atoms with Crippen molar-refractivity contribution in [1.29, 1.82) is 0 Å². The Hall–Kier alpha value is -1.58. The minimum Gasteiger partial charge on any atom is -0.341 e. The monoisotopic (exact) mass is 278 g/mol. The average Bonchev–Trinajstić information content (AvgIpc) is 2.39. The van der Waals surface area contributed by atoms with Gasteiger partial charge >= 0.3 is 0 Å². The zero-order valence-electron chi connectivity index (χ0n) is 11.0. The van der Waals surface area contributed by atoms with E-state index >= 15 is 0 Å². The molecule has 2 aromatic rings. The Morgan fingerprint density at radius 2 is 1.89 bits per heavy atom. The minimum absolute atomic E-state index is 0.264. The summed E-state index contributed by atoms with van der Waals surface area (Å²) in [6, 6.07) is 12.4. The molecule has 1 N–H and O–H groups in total. The van der Waals surface area contributed by atoms with Gasteiger partial charge in [-0.3, -0.25) is 0 Å². The summed E-state index contributed by atoms with van der Waals surface area (Å²) < 4.78 is 13.9. The third-order valence-electron chi connectivity index (χ3n) is 2.99. The Bertz CT molecular complexity index is 572. The number of rotatable bonds is 4. The predicted octanol–water partition coefficient (Wildman–Crippen LogP) is 3.97. The maximum atomic E-state index is 13.9. The van der Waals surface area contributed by atoms with Gasteiger partial charge in [0.15, 0.2) is 0 Å². The highest BCUT2D eigenvalue weighted by molar-refractivity contribution is 6.33. The molecule has 2 nitrogen and oxygen atoms in total. The lowest BCUT2D eigenvalue weighted by Gasteiger charge is -2.24. The van der Waals surface area contributed by atoms with E-state index in [2.05, 4.69) is 5.32 Å². The third kappa shape index (κ3) is 2.88. The molecule has 0 atom stereocenters. The van der Waals surface area contributed by atoms with E-state index in [0.717, 1.165) is 11.3 Å². The van der Waals surface area contributed by atoms with E-state index < -0.39 is 0 Å². The lowest BCUT2D eigenvalue weighted by molar-refractivity contribution is 0.627. The molecule has 0 aliphatic carbocycles. The van der Waals surface area contributed by atoms with Gasteiger partial charge in [-0.15, -0.1) is 0 Å². The summed E-state index contributed by atoms with van der Waals surface area (Å²) in [6.45, 7) is 0.675. The van der Waals surface area contributed by atoms with Gasteiger partial charge in [0.1, 0.15) is 5.82 Å². The first kappa shape index (κ1) is 13.8. The fraction of sp³-hybridized carbons (Fsp3) is 0.200. The summed E-state index contributed by atoms with van der Waals surface area (Å²) in [5.74, 6) is -0.264. The number of benzene rings is 2. The number of hydrogen-bond acceptors (Lipinski definition) is 2. The maximum Gasteiger partial charge on any atom is 0.146 e. The molecule has 0 amide bonds. The SMILES string of the molecule is CNCc1cccc(Cl)c1N(C)c1ccccc1F. The minimum atomic E-state index is -0.264. The topological polar surface area (TPSA) is 15.3 Å². The number of para-hydroxylation sites is 2. The zero-order valence-corrected chi connectivity index (χ0v) is 11.7. The molecule has 4 heteroatoms. The molecular weight excluding hydrogens is 263 g/mol. The fourth-order valence-corrected chi connectivity index (χ4v) is 2.43. The van der Waals surface area contributed by atoms with E-state index in [0.29, 0.717) is 17.3 Å². The van der Waals surface area contributed by atoms with Gasteiger partial charge in [-0.25, -0.2) is 4.39 Å². The van der Waals surface area contributed by atoms with Crippen LogP contribution in [-0.2, 0) is 6.54 Å². The molecule has 0 bridgehead atoms. The van der Waals surface area contributed by atoms with E-state index in [9.17, 15) is 4.39 Å². The van der Waals surface area contributed by atoms with E-state index in [1.54, 1.807) is 17.0 Å². The molecule has 2 rings (SSSR count). The summed E-state index contributed by atoms with van der Waals surface area (Å²) in [7, 11) is 3.69. The van der Waals surface area contributed by atoms with Crippen LogP contribution in [0.15, 0.2) is 42.5 Å². The summed E-state index contributed by atoms with van der Waals surface area (Å²) in [5, 5.41) is 3.70. The molecule has 0 aromatic heterocycles. The predicted molar refractivity (Wildman–Crippen MR) is 78.7 cm³/mol. The Kier molecular flexibility index (Phi) is 4.40. The first-order valence-corrected chi connectivity index (χ1v) is 6.43. The molecule has 0 unspecified atom stereocenters. The first-order chi connectivity index (χ1) is 9.15. The highest BCUT2D eigenvalue weighted by Gasteiger charge is 2.15. The third-order valence-corrected chi connectivity index (χ3v) is 3.29. The van der Waals surface area contributed by atoms with Gasteiger partial charge in [0.25, 0.3) is 0 Å². The van der Waals surface area contributed by atoms with E-state index in [4.69, 9.17) is 11.6 Å². The van der Waals surface area contributed by atoms with Gasteiger partial charge in [0.05, 0.1) is 16.4 Å². The molecule has 2 aromatic carbocycles. The Balaban J connectivity index is 2.49. The zero-order chi connectivity index (χ0) is 13.8. The summed E-state index contributed by atoms with van der Waals surface area (Å²) >= 11 is 6.27. The van der Waals surface area contributed by atoms with E-state index in [1.165, 1.54) is 6.07 Å². The van der Waals surface area contributed by atoms with Gasteiger partial charge in [-0.1, -0.05) is 35.9 Å². The molecule has 19 heavy (non-hydrogen) atoms. The second-order valence-electron chi connectivity index (χ2n) is 4.29. The van der Waals surface area contributed by atoms with Crippen molar-refractivity contribution >= 4 is 23.0 Å². The van der Waals surface area contributed by atoms with Gasteiger partial charge in [-0.2, -0.15) is 0 Å². The van der Waals surface area contributed by atoms with Crippen LogP contribution in [-0.4, -0.2) is 14.1 Å². The quantitative estimate of drug-likeness (QED) is 0.910. The Labute approximate surface area is 117 Å². The second kappa shape index (κ2) is 6.04. The lowest BCUT2D eigenvalue weighted by Crippen LogP contribution is -2.16. The Morgan fingerprint density at radius 3 is 2.58 bits per heavy atom. The van der Waals surface area contributed by atoms with Gasteiger partial charge < -0.3 is 10.2 Å². The lowest BCUT2D eigenvalue weighted by atomic mass is 10.1. The van der Waals surface area contributed by atoms with Gasteiger partial charge in [0.2, 0.25) is 0 Å². The molecule has 100 valence electrons. The summed E-state index contributed by atoms with van der Waals surface area (Å²) in [5.41, 5.74) is 2.36. The van der Waals surface area contributed by atoms with Crippen molar-refractivity contribution in [3.63, 3.8) is 0 Å². The van der Waals surface area contributed by atoms with E-state index in [-0.39, 0.29) is 5.82 Å². The van der Waals surface area contributed by atoms with Crippen molar-refractivity contribution in [1.82, 2.24) is 5.32 Å². The van der Waals surface area contributed by atoms with Crippen molar-refractivity contribution in [3.8, 4) is 0 Å². The standard InChI is InChI=1S/C15H16ClFN2/c1-18-10-11-6-5-7-12(16)15(11)19(2)14-9-4-3-8-13(14)17/h3-9,18H,10H2,1-2H3. The van der Waals surface area contributed by atoms with Gasteiger partial charge in [0, 0.05) is 13.6 Å². The second-order valence-corrected chi connectivity index (χ2v) is 4.70. The molecule has 0 aliphatic heterocycles. The summed E-state index contributed by atoms with van der Waals surface area (Å²) in [6.07, 6.45) is 0. The van der Waals surface area contributed by atoms with Crippen LogP contribution in [0.3, 0.4) is 0 Å². The molecule has 0 saturated carbocycles. The average molecular weight is 279 g/mol. The number of halogens is 2. The van der Waals surface area contributed by atoms with Gasteiger partial charge in [-0.05, 0) is 30.8 Å². The molecule has 0 spiro atoms. The number of anilines is 2. The highest BCUT2D eigenvalue weighted by atomic mass is 35.5. The number of nitrogens with zero attached hydrogens (tertiary/aromatic N) is 1. The molecular formula is C15H16ClFN2. The van der Waals surface area contributed by atoms with Crippen LogP contribution >= 0.6 is 11.6 Å².